The number of nitrogens with zero attached hydrogens (tertiary/aromatic N) is 3. The van der Waals surface area contributed by atoms with E-state index in [1.54, 1.807) is 0 Å². The minimum atomic E-state index is 0.721. The molecule has 0 saturated carbocycles. The third-order valence-corrected chi connectivity index (χ3v) is 2.55. The van der Waals surface area contributed by atoms with Crippen molar-refractivity contribution in [2.24, 2.45) is 0 Å². The van der Waals surface area contributed by atoms with Crippen molar-refractivity contribution in [1.29, 1.82) is 0 Å². The summed E-state index contributed by atoms with van der Waals surface area (Å²) in [5, 5.41) is 11.2. The molecule has 0 aliphatic carbocycles. The van der Waals surface area contributed by atoms with E-state index in [-0.39, 0.29) is 0 Å². The van der Waals surface area contributed by atoms with E-state index in [2.05, 4.69) is 39.2 Å². The Hall–Kier alpha value is -1.49. The lowest BCUT2D eigenvalue weighted by Crippen LogP contribution is -1.90. The van der Waals surface area contributed by atoms with Gasteiger partial charge < -0.3 is 5.32 Å². The van der Waals surface area contributed by atoms with Crippen molar-refractivity contribution in [2.75, 3.05) is 5.32 Å². The number of hydrogen-bond acceptors (Lipinski definition) is 5. The van der Waals surface area contributed by atoms with Crippen molar-refractivity contribution in [1.82, 2.24) is 14.8 Å². The molecular formula is C10H12N4S. The van der Waals surface area contributed by atoms with Gasteiger partial charge in [0.05, 0.1) is 0 Å². The van der Waals surface area contributed by atoms with Crippen LogP contribution in [0.1, 0.15) is 18.9 Å². The Kier molecular flexibility index (Phi) is 3.24. The summed E-state index contributed by atoms with van der Waals surface area (Å²) in [4.78, 5) is 0. The second-order valence-corrected chi connectivity index (χ2v) is 3.97. The lowest BCUT2D eigenvalue weighted by atomic mass is 10.1. The highest BCUT2D eigenvalue weighted by atomic mass is 32.1. The minimum absolute atomic E-state index is 0.721. The largest absolute Gasteiger partial charge is 0.329 e. The van der Waals surface area contributed by atoms with E-state index in [4.69, 9.17) is 0 Å². The molecule has 0 aliphatic rings. The zero-order chi connectivity index (χ0) is 10.5. The molecule has 5 heteroatoms. The molecule has 1 aromatic carbocycles. The first kappa shape index (κ1) is 10.0. The molecule has 15 heavy (non-hydrogen) atoms. The number of anilines is 2. The van der Waals surface area contributed by atoms with Gasteiger partial charge in [-0.3, -0.25) is 0 Å². The van der Waals surface area contributed by atoms with Crippen LogP contribution in [0.5, 0.6) is 0 Å². The van der Waals surface area contributed by atoms with Gasteiger partial charge in [-0.15, -0.1) is 0 Å². The summed E-state index contributed by atoms with van der Waals surface area (Å²) in [5.41, 5.74) is 2.38. The third kappa shape index (κ3) is 2.73. The van der Waals surface area contributed by atoms with E-state index in [9.17, 15) is 0 Å². The molecule has 4 nitrogen and oxygen atoms in total. The van der Waals surface area contributed by atoms with Gasteiger partial charge in [-0.05, 0) is 29.3 Å². The predicted molar refractivity (Wildman–Crippen MR) is 61.4 cm³/mol. The van der Waals surface area contributed by atoms with Crippen molar-refractivity contribution in [2.45, 2.75) is 19.8 Å². The summed E-state index contributed by atoms with van der Waals surface area (Å²) >= 11 is 1.25. The van der Waals surface area contributed by atoms with Gasteiger partial charge in [0.25, 0.3) is 0 Å². The number of rotatable bonds is 4. The first-order valence-electron chi connectivity index (χ1n) is 4.89. The highest BCUT2D eigenvalue weighted by Crippen LogP contribution is 2.17. The summed E-state index contributed by atoms with van der Waals surface area (Å²) in [6, 6.07) is 8.35. The molecule has 0 saturated heterocycles. The molecule has 0 unspecified atom stereocenters. The Morgan fingerprint density at radius 1 is 1.27 bits per heavy atom. The highest BCUT2D eigenvalue weighted by molar-refractivity contribution is 7.09. The van der Waals surface area contributed by atoms with Gasteiger partial charge in [-0.25, -0.2) is 0 Å². The van der Waals surface area contributed by atoms with Gasteiger partial charge >= 0.3 is 0 Å². The van der Waals surface area contributed by atoms with E-state index in [0.717, 1.165) is 17.2 Å². The summed E-state index contributed by atoms with van der Waals surface area (Å²) in [6.45, 7) is 2.18. The summed E-state index contributed by atoms with van der Waals surface area (Å²) in [5.74, 6) is 0. The molecule has 0 atom stereocenters. The molecule has 1 N–H and O–H groups in total. The van der Waals surface area contributed by atoms with Crippen LogP contribution in [0, 0.1) is 0 Å². The Bertz CT molecular complexity index is 396. The van der Waals surface area contributed by atoms with Gasteiger partial charge in [0, 0.05) is 17.2 Å². The monoisotopic (exact) mass is 220 g/mol. The molecule has 0 spiro atoms. The highest BCUT2D eigenvalue weighted by Gasteiger charge is 1.98. The van der Waals surface area contributed by atoms with Crippen molar-refractivity contribution in [3.05, 3.63) is 29.8 Å². The normalized spacial score (nSPS) is 10.2. The number of aryl methyl sites for hydroxylation is 1. The van der Waals surface area contributed by atoms with Crippen LogP contribution in [0.2, 0.25) is 0 Å². The molecule has 0 amide bonds. The Balaban J connectivity index is 2.04. The maximum atomic E-state index is 3.82. The minimum Gasteiger partial charge on any atom is -0.329 e. The Morgan fingerprint density at radius 2 is 2.07 bits per heavy atom. The molecule has 1 heterocycles. The lowest BCUT2D eigenvalue weighted by Gasteiger charge is -2.02. The maximum Gasteiger partial charge on any atom is 0.229 e. The average molecular weight is 220 g/mol. The van der Waals surface area contributed by atoms with Crippen LogP contribution in [0.25, 0.3) is 0 Å². The van der Waals surface area contributed by atoms with E-state index >= 15 is 0 Å². The molecule has 2 rings (SSSR count). The lowest BCUT2D eigenvalue weighted by molar-refractivity contribution is 0.922. The van der Waals surface area contributed by atoms with E-state index in [1.165, 1.54) is 23.5 Å². The molecule has 2 aromatic rings. The van der Waals surface area contributed by atoms with Gasteiger partial charge in [0.15, 0.2) is 0 Å². The van der Waals surface area contributed by atoms with Crippen LogP contribution in [0.3, 0.4) is 0 Å². The number of hydrogen-bond donors (Lipinski definition) is 1. The van der Waals surface area contributed by atoms with Gasteiger partial charge in [-0.1, -0.05) is 35.1 Å². The number of aromatic nitrogens is 3. The van der Waals surface area contributed by atoms with Gasteiger partial charge in [0.1, 0.15) is 0 Å². The maximum absolute atomic E-state index is 3.82. The van der Waals surface area contributed by atoms with Crippen LogP contribution in [0.4, 0.5) is 10.8 Å². The average Bonchev–Trinajstić information content (AvgIpc) is 2.74. The fourth-order valence-corrected chi connectivity index (χ4v) is 1.74. The van der Waals surface area contributed by atoms with Crippen molar-refractivity contribution >= 4 is 22.4 Å². The van der Waals surface area contributed by atoms with Crippen LogP contribution in [-0.4, -0.2) is 14.8 Å². The van der Waals surface area contributed by atoms with E-state index < -0.39 is 0 Å². The fraction of sp³-hybridized carbons (Fsp3) is 0.300. The molecule has 0 aliphatic heterocycles. The van der Waals surface area contributed by atoms with Gasteiger partial charge in [-0.2, -0.15) is 0 Å². The summed E-state index contributed by atoms with van der Waals surface area (Å²) in [6.07, 6.45) is 2.30. The van der Waals surface area contributed by atoms with E-state index in [1.807, 2.05) is 12.1 Å². The van der Waals surface area contributed by atoms with Crippen molar-refractivity contribution < 1.29 is 0 Å². The molecule has 0 fully saturated rings. The summed E-state index contributed by atoms with van der Waals surface area (Å²) < 4.78 is 3.68. The molecule has 78 valence electrons. The van der Waals surface area contributed by atoms with Crippen molar-refractivity contribution in [3.63, 3.8) is 0 Å². The molecule has 0 radical (unpaired) electrons. The van der Waals surface area contributed by atoms with Crippen LogP contribution in [-0.2, 0) is 6.42 Å². The summed E-state index contributed by atoms with van der Waals surface area (Å²) in [7, 11) is 0. The quantitative estimate of drug-likeness (QED) is 0.860. The standard InChI is InChI=1S/C10H12N4S/c1-2-3-8-4-6-9(7-5-8)11-10-12-13-14-15-10/h4-7H,2-3H2,1H3,(H,11,12,14). The zero-order valence-corrected chi connectivity index (χ0v) is 9.29. The molecular weight excluding hydrogens is 208 g/mol. The SMILES string of the molecule is CCCc1ccc(Nc2nnns2)cc1. The van der Waals surface area contributed by atoms with Gasteiger partial charge in [0.2, 0.25) is 5.13 Å². The third-order valence-electron chi connectivity index (χ3n) is 2.04. The zero-order valence-electron chi connectivity index (χ0n) is 8.47. The van der Waals surface area contributed by atoms with Crippen LogP contribution < -0.4 is 5.32 Å². The number of benzene rings is 1. The van der Waals surface area contributed by atoms with E-state index in [0.29, 0.717) is 0 Å². The van der Waals surface area contributed by atoms with Crippen LogP contribution in [0.15, 0.2) is 24.3 Å². The van der Waals surface area contributed by atoms with Crippen molar-refractivity contribution in [3.8, 4) is 0 Å². The predicted octanol–water partition coefficient (Wildman–Crippen LogP) is 2.63. The Morgan fingerprint density at radius 3 is 2.67 bits per heavy atom. The molecule has 1 aromatic heterocycles. The topological polar surface area (TPSA) is 50.7 Å². The molecule has 0 bridgehead atoms. The number of nitrogens with one attached hydrogen (secondary N) is 1. The Labute approximate surface area is 92.5 Å². The first-order valence-corrected chi connectivity index (χ1v) is 5.67. The fourth-order valence-electron chi connectivity index (χ4n) is 1.35. The second-order valence-electron chi connectivity index (χ2n) is 3.24. The first-order chi connectivity index (χ1) is 7.38. The van der Waals surface area contributed by atoms with Crippen LogP contribution >= 0.6 is 11.5 Å². The smallest absolute Gasteiger partial charge is 0.229 e. The second kappa shape index (κ2) is 4.84.